The first kappa shape index (κ1) is 14.1. The van der Waals surface area contributed by atoms with Gasteiger partial charge in [-0.1, -0.05) is 12.1 Å². The second kappa shape index (κ2) is 6.74. The maximum Gasteiger partial charge on any atom is 0.123 e. The number of benzene rings is 1. The van der Waals surface area contributed by atoms with E-state index < -0.39 is 0 Å². The first-order chi connectivity index (χ1) is 9.86. The van der Waals surface area contributed by atoms with E-state index in [1.165, 1.54) is 23.3 Å². The molecule has 4 heteroatoms. The Kier molecular flexibility index (Phi) is 4.76. The van der Waals surface area contributed by atoms with Crippen molar-refractivity contribution < 1.29 is 4.79 Å². The highest BCUT2D eigenvalue weighted by Crippen LogP contribution is 2.46. The van der Waals surface area contributed by atoms with Crippen molar-refractivity contribution >= 4 is 18.2 Å². The molecule has 1 saturated heterocycles. The highest BCUT2D eigenvalue weighted by molar-refractivity contribution is 7.97. The van der Waals surface area contributed by atoms with Gasteiger partial charge < -0.3 is 10.1 Å². The van der Waals surface area contributed by atoms with Crippen LogP contribution in [0.5, 0.6) is 0 Å². The van der Waals surface area contributed by atoms with Crippen LogP contribution in [0.15, 0.2) is 29.2 Å². The molecule has 0 spiro atoms. The third-order valence-corrected chi connectivity index (χ3v) is 5.16. The van der Waals surface area contributed by atoms with Gasteiger partial charge >= 0.3 is 0 Å². The van der Waals surface area contributed by atoms with Gasteiger partial charge in [0.25, 0.3) is 0 Å². The Hall–Kier alpha value is -0.840. The summed E-state index contributed by atoms with van der Waals surface area (Å²) in [5, 5.41) is 3.39. The SMILES string of the molecule is O=CC1C[C@H]1c1ccc(SNCC2CCNCC2)cc1. The van der Waals surface area contributed by atoms with Crippen LogP contribution in [0, 0.1) is 11.8 Å². The van der Waals surface area contributed by atoms with Crippen molar-refractivity contribution in [2.24, 2.45) is 11.8 Å². The zero-order valence-corrected chi connectivity index (χ0v) is 12.5. The smallest absolute Gasteiger partial charge is 0.123 e. The van der Waals surface area contributed by atoms with Crippen LogP contribution >= 0.6 is 11.9 Å². The highest BCUT2D eigenvalue weighted by atomic mass is 32.2. The number of rotatable bonds is 6. The molecule has 2 fully saturated rings. The number of aldehydes is 1. The van der Waals surface area contributed by atoms with Gasteiger partial charge in [-0.25, -0.2) is 0 Å². The predicted octanol–water partition coefficient (Wildman–Crippen LogP) is 2.59. The lowest BCUT2D eigenvalue weighted by molar-refractivity contribution is -0.108. The molecule has 0 aromatic heterocycles. The Morgan fingerprint density at radius 1 is 1.25 bits per heavy atom. The second-order valence-corrected chi connectivity index (χ2v) is 6.82. The van der Waals surface area contributed by atoms with Crippen LogP contribution in [-0.2, 0) is 4.79 Å². The topological polar surface area (TPSA) is 41.1 Å². The second-order valence-electron chi connectivity index (χ2n) is 5.86. The molecule has 20 heavy (non-hydrogen) atoms. The van der Waals surface area contributed by atoms with Gasteiger partial charge in [-0.2, -0.15) is 0 Å². The van der Waals surface area contributed by atoms with E-state index in [1.807, 2.05) is 0 Å². The molecule has 0 bridgehead atoms. The molecule has 0 amide bonds. The third-order valence-electron chi connectivity index (χ3n) is 4.34. The van der Waals surface area contributed by atoms with E-state index in [1.54, 1.807) is 11.9 Å². The lowest BCUT2D eigenvalue weighted by Crippen LogP contribution is -2.31. The Morgan fingerprint density at radius 3 is 2.65 bits per heavy atom. The van der Waals surface area contributed by atoms with Crippen molar-refractivity contribution in [3.63, 3.8) is 0 Å². The van der Waals surface area contributed by atoms with Crippen molar-refractivity contribution in [1.29, 1.82) is 0 Å². The number of carbonyl (C=O) groups is 1. The van der Waals surface area contributed by atoms with E-state index in [0.717, 1.165) is 38.3 Å². The lowest BCUT2D eigenvalue weighted by Gasteiger charge is -2.22. The Morgan fingerprint density at radius 2 is 2.00 bits per heavy atom. The average molecular weight is 290 g/mol. The van der Waals surface area contributed by atoms with E-state index in [-0.39, 0.29) is 5.92 Å². The molecule has 1 heterocycles. The van der Waals surface area contributed by atoms with Crippen LogP contribution in [-0.4, -0.2) is 25.9 Å². The van der Waals surface area contributed by atoms with Crippen LogP contribution in [0.4, 0.5) is 0 Å². The van der Waals surface area contributed by atoms with Crippen molar-refractivity contribution in [1.82, 2.24) is 10.0 Å². The molecule has 1 aliphatic carbocycles. The summed E-state index contributed by atoms with van der Waals surface area (Å²) in [6, 6.07) is 8.66. The van der Waals surface area contributed by atoms with E-state index in [4.69, 9.17) is 0 Å². The van der Waals surface area contributed by atoms with Gasteiger partial charge in [-0.15, -0.1) is 0 Å². The van der Waals surface area contributed by atoms with Crippen LogP contribution in [0.2, 0.25) is 0 Å². The van der Waals surface area contributed by atoms with Gasteiger partial charge in [-0.3, -0.25) is 4.72 Å². The maximum atomic E-state index is 10.7. The van der Waals surface area contributed by atoms with Gasteiger partial charge in [0.1, 0.15) is 6.29 Å². The summed E-state index contributed by atoms with van der Waals surface area (Å²) in [7, 11) is 0. The maximum absolute atomic E-state index is 10.7. The Bertz CT molecular complexity index is 442. The van der Waals surface area contributed by atoms with Crippen LogP contribution in [0.1, 0.15) is 30.7 Å². The van der Waals surface area contributed by atoms with Crippen LogP contribution < -0.4 is 10.0 Å². The number of piperidine rings is 1. The zero-order chi connectivity index (χ0) is 13.8. The summed E-state index contributed by atoms with van der Waals surface area (Å²) < 4.78 is 3.49. The summed E-state index contributed by atoms with van der Waals surface area (Å²) in [4.78, 5) is 11.9. The zero-order valence-electron chi connectivity index (χ0n) is 11.7. The summed E-state index contributed by atoms with van der Waals surface area (Å²) in [5.74, 6) is 1.56. The molecule has 2 aliphatic rings. The molecule has 3 rings (SSSR count). The molecule has 2 atom stereocenters. The van der Waals surface area contributed by atoms with Gasteiger partial charge in [0.15, 0.2) is 0 Å². The van der Waals surface area contributed by atoms with Crippen LogP contribution in [0.25, 0.3) is 0 Å². The Labute approximate surface area is 125 Å². The normalized spacial score (nSPS) is 26.4. The fourth-order valence-corrected chi connectivity index (χ4v) is 3.62. The molecule has 108 valence electrons. The van der Waals surface area contributed by atoms with E-state index in [0.29, 0.717) is 5.92 Å². The van der Waals surface area contributed by atoms with Gasteiger partial charge in [0, 0.05) is 17.4 Å². The molecule has 2 N–H and O–H groups in total. The van der Waals surface area contributed by atoms with E-state index in [9.17, 15) is 4.79 Å². The molecule has 1 aromatic rings. The standard InChI is InChI=1S/C16H22N2OS/c19-11-14-9-16(14)13-1-3-15(4-2-13)20-18-10-12-5-7-17-8-6-12/h1-4,11-12,14,16-18H,5-10H2/t14?,16-/m0/s1. The van der Waals surface area contributed by atoms with Gasteiger partial charge in [0.2, 0.25) is 0 Å². The molecular weight excluding hydrogens is 268 g/mol. The van der Waals surface area contributed by atoms with Gasteiger partial charge in [-0.05, 0) is 73.8 Å². The van der Waals surface area contributed by atoms with Gasteiger partial charge in [0.05, 0.1) is 0 Å². The largest absolute Gasteiger partial charge is 0.317 e. The van der Waals surface area contributed by atoms with Crippen molar-refractivity contribution in [3.05, 3.63) is 29.8 Å². The highest BCUT2D eigenvalue weighted by Gasteiger charge is 2.37. The minimum absolute atomic E-state index is 0.270. The lowest BCUT2D eigenvalue weighted by atomic mass is 9.99. The minimum Gasteiger partial charge on any atom is -0.317 e. The molecule has 1 aromatic carbocycles. The number of hydrogen-bond donors (Lipinski definition) is 2. The predicted molar refractivity (Wildman–Crippen MR) is 82.8 cm³/mol. The summed E-state index contributed by atoms with van der Waals surface area (Å²) >= 11 is 1.72. The summed E-state index contributed by atoms with van der Waals surface area (Å²) in [6.45, 7) is 3.40. The summed E-state index contributed by atoms with van der Waals surface area (Å²) in [6.07, 6.45) is 4.68. The number of nitrogens with one attached hydrogen (secondary N) is 2. The van der Waals surface area contributed by atoms with Crippen molar-refractivity contribution in [3.8, 4) is 0 Å². The first-order valence-corrected chi connectivity index (χ1v) is 8.34. The fourth-order valence-electron chi connectivity index (χ4n) is 2.86. The monoisotopic (exact) mass is 290 g/mol. The average Bonchev–Trinajstić information content (AvgIpc) is 3.29. The van der Waals surface area contributed by atoms with Crippen molar-refractivity contribution in [2.45, 2.75) is 30.1 Å². The third kappa shape index (κ3) is 3.62. The molecule has 1 unspecified atom stereocenters. The molecule has 3 nitrogen and oxygen atoms in total. The van der Waals surface area contributed by atoms with E-state index >= 15 is 0 Å². The van der Waals surface area contributed by atoms with E-state index in [2.05, 4.69) is 34.3 Å². The first-order valence-electron chi connectivity index (χ1n) is 7.52. The van der Waals surface area contributed by atoms with Crippen molar-refractivity contribution in [2.75, 3.05) is 19.6 Å². The van der Waals surface area contributed by atoms with Crippen LogP contribution in [0.3, 0.4) is 0 Å². The molecule has 1 saturated carbocycles. The quantitative estimate of drug-likeness (QED) is 0.624. The molecule has 0 radical (unpaired) electrons. The molecule has 1 aliphatic heterocycles. The fraction of sp³-hybridized carbons (Fsp3) is 0.562. The number of carbonyl (C=O) groups excluding carboxylic acids is 1. The molecular formula is C16H22N2OS. The summed E-state index contributed by atoms with van der Waals surface area (Å²) in [5.41, 5.74) is 1.31. The Balaban J connectivity index is 1.42. The minimum atomic E-state index is 0.270. The number of hydrogen-bond acceptors (Lipinski definition) is 4.